The minimum absolute atomic E-state index is 0.271. The number of aryl methyl sites for hydroxylation is 1. The second-order valence-electron chi connectivity index (χ2n) is 9.29. The van der Waals surface area contributed by atoms with Crippen LogP contribution in [0.25, 0.3) is 11.1 Å². The summed E-state index contributed by atoms with van der Waals surface area (Å²) in [5.74, 6) is -0.0795. The van der Waals surface area contributed by atoms with Crippen molar-refractivity contribution in [1.29, 1.82) is 0 Å². The molecule has 0 fully saturated rings. The molecule has 0 saturated carbocycles. The van der Waals surface area contributed by atoms with Gasteiger partial charge >= 0.3 is 5.97 Å². The van der Waals surface area contributed by atoms with Gasteiger partial charge in [-0.2, -0.15) is 0 Å². The lowest BCUT2D eigenvalue weighted by molar-refractivity contribution is 0.0735. The van der Waals surface area contributed by atoms with E-state index >= 15 is 0 Å². The molecule has 168 valence electrons. The number of esters is 1. The van der Waals surface area contributed by atoms with E-state index in [-0.39, 0.29) is 11.6 Å². The van der Waals surface area contributed by atoms with E-state index < -0.39 is 5.97 Å². The normalized spacial score (nSPS) is 11.3. The van der Waals surface area contributed by atoms with Gasteiger partial charge in [0.2, 0.25) is 0 Å². The van der Waals surface area contributed by atoms with Gasteiger partial charge in [0.1, 0.15) is 5.75 Å². The highest BCUT2D eigenvalue weighted by Gasteiger charge is 2.11. The molecule has 0 atom stereocenters. The van der Waals surface area contributed by atoms with Crippen LogP contribution in [0.2, 0.25) is 0 Å². The van der Waals surface area contributed by atoms with Crippen molar-refractivity contribution in [2.45, 2.75) is 47.0 Å². The van der Waals surface area contributed by atoms with Crippen LogP contribution in [0, 0.1) is 18.2 Å². The molecule has 0 aliphatic heterocycles. The number of benzene rings is 3. The number of hydrogen-bond donors (Lipinski definition) is 0. The molecule has 3 nitrogen and oxygen atoms in total. The molecule has 0 spiro atoms. The number of ether oxygens (including phenoxy) is 2. The fourth-order valence-electron chi connectivity index (χ4n) is 3.31. The molecule has 3 rings (SSSR count). The van der Waals surface area contributed by atoms with Crippen molar-refractivity contribution in [3.05, 3.63) is 83.7 Å². The molecular weight excluding hydrogens is 403 g/mol. The maximum absolute atomic E-state index is 14.5. The van der Waals surface area contributed by atoms with E-state index in [1.807, 2.05) is 25.1 Å². The van der Waals surface area contributed by atoms with Crippen molar-refractivity contribution in [1.82, 2.24) is 0 Å². The van der Waals surface area contributed by atoms with Crippen molar-refractivity contribution >= 4 is 5.97 Å². The van der Waals surface area contributed by atoms with E-state index in [4.69, 9.17) is 9.47 Å². The van der Waals surface area contributed by atoms with E-state index in [9.17, 15) is 9.18 Å². The largest absolute Gasteiger partial charge is 0.491 e. The Labute approximate surface area is 190 Å². The van der Waals surface area contributed by atoms with Gasteiger partial charge in [0.25, 0.3) is 0 Å². The standard InChI is InChI=1S/C28H31FO3/c1-20-7-9-22(10-8-20)27(30)32-24-14-11-21(12-15-24)23-13-16-26(25(29)19-23)31-18-6-5-17-28(2,3)4/h7-16,19H,5-6,17-18H2,1-4H3. The Kier molecular flexibility index (Phi) is 7.68. The van der Waals surface area contributed by atoms with Crippen molar-refractivity contribution < 1.29 is 18.7 Å². The van der Waals surface area contributed by atoms with Crippen molar-refractivity contribution in [2.75, 3.05) is 6.61 Å². The fourth-order valence-corrected chi connectivity index (χ4v) is 3.31. The van der Waals surface area contributed by atoms with Crippen LogP contribution >= 0.6 is 0 Å². The predicted octanol–water partition coefficient (Wildman–Crippen LogP) is 7.62. The molecular formula is C28H31FO3. The SMILES string of the molecule is Cc1ccc(C(=O)Oc2ccc(-c3ccc(OCCCCC(C)(C)C)c(F)c3)cc2)cc1. The molecule has 3 aromatic carbocycles. The number of halogens is 1. The summed E-state index contributed by atoms with van der Waals surface area (Å²) in [6.45, 7) is 9.11. The Morgan fingerprint density at radius 3 is 2.16 bits per heavy atom. The average molecular weight is 435 g/mol. The summed E-state index contributed by atoms with van der Waals surface area (Å²) in [6, 6.07) is 19.2. The maximum atomic E-state index is 14.5. The van der Waals surface area contributed by atoms with Crippen LogP contribution in [0.3, 0.4) is 0 Å². The van der Waals surface area contributed by atoms with Crippen LogP contribution in [0.15, 0.2) is 66.7 Å². The second kappa shape index (κ2) is 10.4. The van der Waals surface area contributed by atoms with E-state index in [0.717, 1.165) is 36.0 Å². The van der Waals surface area contributed by atoms with Gasteiger partial charge in [0.15, 0.2) is 11.6 Å². The molecule has 32 heavy (non-hydrogen) atoms. The minimum Gasteiger partial charge on any atom is -0.491 e. The number of hydrogen-bond acceptors (Lipinski definition) is 3. The zero-order valence-corrected chi connectivity index (χ0v) is 19.3. The highest BCUT2D eigenvalue weighted by Crippen LogP contribution is 2.28. The second-order valence-corrected chi connectivity index (χ2v) is 9.29. The lowest BCUT2D eigenvalue weighted by Crippen LogP contribution is -2.08. The zero-order chi connectivity index (χ0) is 23.1. The predicted molar refractivity (Wildman–Crippen MR) is 127 cm³/mol. The van der Waals surface area contributed by atoms with E-state index in [1.54, 1.807) is 42.5 Å². The molecule has 0 aromatic heterocycles. The molecule has 4 heteroatoms. The van der Waals surface area contributed by atoms with E-state index in [1.165, 1.54) is 6.07 Å². The first-order valence-electron chi connectivity index (χ1n) is 11.0. The van der Waals surface area contributed by atoms with Crippen molar-refractivity contribution in [2.24, 2.45) is 5.41 Å². The Hall–Kier alpha value is -3.14. The topological polar surface area (TPSA) is 35.5 Å². The molecule has 0 N–H and O–H groups in total. The Morgan fingerprint density at radius 2 is 1.53 bits per heavy atom. The van der Waals surface area contributed by atoms with Crippen LogP contribution in [0.4, 0.5) is 4.39 Å². The summed E-state index contributed by atoms with van der Waals surface area (Å²) < 4.78 is 25.6. The molecule has 3 aromatic rings. The zero-order valence-electron chi connectivity index (χ0n) is 19.3. The van der Waals surface area contributed by atoms with Crippen LogP contribution in [0.1, 0.15) is 56.0 Å². The molecule has 0 amide bonds. The van der Waals surface area contributed by atoms with Gasteiger partial charge in [-0.05, 0) is 79.1 Å². The summed E-state index contributed by atoms with van der Waals surface area (Å²) in [5.41, 5.74) is 3.45. The fraction of sp³-hybridized carbons (Fsp3) is 0.321. The Balaban J connectivity index is 1.56. The van der Waals surface area contributed by atoms with Crippen LogP contribution in [-0.2, 0) is 0 Å². The van der Waals surface area contributed by atoms with Gasteiger partial charge < -0.3 is 9.47 Å². The first-order valence-corrected chi connectivity index (χ1v) is 11.0. The Morgan fingerprint density at radius 1 is 0.875 bits per heavy atom. The maximum Gasteiger partial charge on any atom is 0.343 e. The molecule has 0 saturated heterocycles. The summed E-state index contributed by atoms with van der Waals surface area (Å²) in [7, 11) is 0. The Bertz CT molecular complexity index is 1030. The lowest BCUT2D eigenvalue weighted by Gasteiger charge is -2.17. The van der Waals surface area contributed by atoms with Gasteiger partial charge in [-0.15, -0.1) is 0 Å². The number of rotatable bonds is 8. The summed E-state index contributed by atoms with van der Waals surface area (Å²) >= 11 is 0. The smallest absolute Gasteiger partial charge is 0.343 e. The van der Waals surface area contributed by atoms with Gasteiger partial charge in [0, 0.05) is 0 Å². The molecule has 0 aliphatic rings. The van der Waals surface area contributed by atoms with Crippen LogP contribution in [0.5, 0.6) is 11.5 Å². The quantitative estimate of drug-likeness (QED) is 0.208. The van der Waals surface area contributed by atoms with Crippen molar-refractivity contribution in [3.63, 3.8) is 0 Å². The van der Waals surface area contributed by atoms with Gasteiger partial charge in [0.05, 0.1) is 12.2 Å². The summed E-state index contributed by atoms with van der Waals surface area (Å²) in [5, 5.41) is 0. The van der Waals surface area contributed by atoms with Crippen molar-refractivity contribution in [3.8, 4) is 22.6 Å². The minimum atomic E-state index is -0.409. The summed E-state index contributed by atoms with van der Waals surface area (Å²) in [6.07, 6.45) is 3.08. The average Bonchev–Trinajstić information content (AvgIpc) is 2.74. The van der Waals surface area contributed by atoms with Gasteiger partial charge in [-0.1, -0.05) is 56.7 Å². The molecule has 0 unspecified atom stereocenters. The number of unbranched alkanes of at least 4 members (excludes halogenated alkanes) is 1. The molecule has 0 bridgehead atoms. The van der Waals surface area contributed by atoms with Crippen LogP contribution in [-0.4, -0.2) is 12.6 Å². The van der Waals surface area contributed by atoms with Gasteiger partial charge in [-0.3, -0.25) is 0 Å². The van der Waals surface area contributed by atoms with Crippen LogP contribution < -0.4 is 9.47 Å². The first kappa shape index (κ1) is 23.5. The third kappa shape index (κ3) is 6.94. The number of carbonyl (C=O) groups is 1. The molecule has 0 aliphatic carbocycles. The number of carbonyl (C=O) groups excluding carboxylic acids is 1. The third-order valence-electron chi connectivity index (χ3n) is 5.20. The molecule has 0 radical (unpaired) electrons. The van der Waals surface area contributed by atoms with E-state index in [0.29, 0.717) is 23.3 Å². The molecule has 0 heterocycles. The highest BCUT2D eigenvalue weighted by atomic mass is 19.1. The van der Waals surface area contributed by atoms with E-state index in [2.05, 4.69) is 20.8 Å². The third-order valence-corrected chi connectivity index (χ3v) is 5.20. The monoisotopic (exact) mass is 434 g/mol. The highest BCUT2D eigenvalue weighted by molar-refractivity contribution is 5.91. The lowest BCUT2D eigenvalue weighted by atomic mass is 9.90. The summed E-state index contributed by atoms with van der Waals surface area (Å²) in [4.78, 5) is 12.3. The first-order chi connectivity index (χ1) is 15.2. The van der Waals surface area contributed by atoms with Gasteiger partial charge in [-0.25, -0.2) is 9.18 Å².